The highest BCUT2D eigenvalue weighted by Gasteiger charge is 2.16. The Morgan fingerprint density at radius 2 is 1.78 bits per heavy atom. The lowest BCUT2D eigenvalue weighted by atomic mass is 10.1. The zero-order valence-corrected chi connectivity index (χ0v) is 13.1. The molecule has 0 aliphatic rings. The van der Waals surface area contributed by atoms with Crippen molar-refractivity contribution in [3.63, 3.8) is 0 Å². The lowest BCUT2D eigenvalue weighted by molar-refractivity contribution is 0.322. The second-order valence-electron chi connectivity index (χ2n) is 4.65. The lowest BCUT2D eigenvalue weighted by Crippen LogP contribution is -2.05. The Balaban J connectivity index is 2.29. The highest BCUT2D eigenvalue weighted by atomic mass is 19.1. The van der Waals surface area contributed by atoms with Crippen molar-refractivity contribution in [2.45, 2.75) is 6.54 Å². The van der Waals surface area contributed by atoms with E-state index in [0.29, 0.717) is 29.5 Å². The molecule has 0 fully saturated rings. The summed E-state index contributed by atoms with van der Waals surface area (Å²) in [4.78, 5) is 0. The van der Waals surface area contributed by atoms with E-state index in [9.17, 15) is 4.39 Å². The maximum atomic E-state index is 13.2. The Bertz CT molecular complexity index is 741. The van der Waals surface area contributed by atoms with Gasteiger partial charge in [-0.25, -0.2) is 4.39 Å². The van der Waals surface area contributed by atoms with Crippen molar-refractivity contribution in [1.82, 2.24) is 0 Å². The zero-order chi connectivity index (χ0) is 16.8. The fourth-order valence-electron chi connectivity index (χ4n) is 2.26. The average molecular weight is 316 g/mol. The van der Waals surface area contributed by atoms with Gasteiger partial charge >= 0.3 is 0 Å². The highest BCUT2D eigenvalue weighted by molar-refractivity contribution is 5.60. The normalized spacial score (nSPS) is 9.87. The molecule has 0 atom stereocenters. The number of hydrogen-bond donors (Lipinski definition) is 1. The molecule has 0 radical (unpaired) electrons. The molecule has 120 valence electrons. The Morgan fingerprint density at radius 1 is 1.04 bits per heavy atom. The molecule has 6 heteroatoms. The van der Waals surface area contributed by atoms with E-state index < -0.39 is 5.82 Å². The largest absolute Gasteiger partial charge is 0.493 e. The molecule has 1 N–H and O–H groups in total. The van der Waals surface area contributed by atoms with E-state index in [2.05, 4.69) is 5.32 Å². The highest BCUT2D eigenvalue weighted by Crippen LogP contribution is 2.40. The third-order valence-corrected chi connectivity index (χ3v) is 3.36. The van der Waals surface area contributed by atoms with Gasteiger partial charge in [-0.05, 0) is 30.3 Å². The van der Waals surface area contributed by atoms with Gasteiger partial charge in [0, 0.05) is 12.1 Å². The standard InChI is InChI=1S/C17H17FN2O3/c1-21-15-7-4-11(16(22-2)17(15)23-3)10-20-14-6-5-13(18)8-12(14)9-19/h4-8,20H,10H2,1-3H3. The number of rotatable bonds is 6. The van der Waals surface area contributed by atoms with Crippen LogP contribution in [-0.2, 0) is 6.54 Å². The van der Waals surface area contributed by atoms with E-state index in [4.69, 9.17) is 19.5 Å². The molecule has 0 saturated carbocycles. The van der Waals surface area contributed by atoms with Crippen LogP contribution in [0.25, 0.3) is 0 Å². The summed E-state index contributed by atoms with van der Waals surface area (Å²) in [6.07, 6.45) is 0. The predicted molar refractivity (Wildman–Crippen MR) is 84.5 cm³/mol. The van der Waals surface area contributed by atoms with Crippen molar-refractivity contribution in [2.24, 2.45) is 0 Å². The fraction of sp³-hybridized carbons (Fsp3) is 0.235. The van der Waals surface area contributed by atoms with Crippen LogP contribution in [0.2, 0.25) is 0 Å². The van der Waals surface area contributed by atoms with E-state index in [1.807, 2.05) is 12.1 Å². The molecule has 2 aromatic carbocycles. The zero-order valence-electron chi connectivity index (χ0n) is 13.1. The van der Waals surface area contributed by atoms with Gasteiger partial charge in [-0.15, -0.1) is 0 Å². The summed E-state index contributed by atoms with van der Waals surface area (Å²) in [6, 6.07) is 9.59. The molecule has 0 spiro atoms. The van der Waals surface area contributed by atoms with Crippen molar-refractivity contribution in [1.29, 1.82) is 5.26 Å². The maximum absolute atomic E-state index is 13.2. The van der Waals surface area contributed by atoms with Gasteiger partial charge in [0.05, 0.1) is 32.6 Å². The molecule has 5 nitrogen and oxygen atoms in total. The predicted octanol–water partition coefficient (Wildman–Crippen LogP) is 3.34. The van der Waals surface area contributed by atoms with E-state index in [1.165, 1.54) is 25.3 Å². The molecule has 0 aliphatic heterocycles. The molecule has 0 amide bonds. The average Bonchev–Trinajstić information content (AvgIpc) is 2.59. The number of benzene rings is 2. The first kappa shape index (κ1) is 16.4. The molecule has 2 aromatic rings. The van der Waals surface area contributed by atoms with Gasteiger partial charge in [0.15, 0.2) is 11.5 Å². The van der Waals surface area contributed by atoms with Crippen LogP contribution in [-0.4, -0.2) is 21.3 Å². The van der Waals surface area contributed by atoms with E-state index in [-0.39, 0.29) is 5.56 Å². The molecule has 2 rings (SSSR count). The van der Waals surface area contributed by atoms with E-state index in [1.54, 1.807) is 20.3 Å². The number of hydrogen-bond acceptors (Lipinski definition) is 5. The summed E-state index contributed by atoms with van der Waals surface area (Å²) in [5.41, 5.74) is 1.61. The summed E-state index contributed by atoms with van der Waals surface area (Å²) in [7, 11) is 4.62. The lowest BCUT2D eigenvalue weighted by Gasteiger charge is -2.16. The van der Waals surface area contributed by atoms with Crippen LogP contribution in [0.3, 0.4) is 0 Å². The van der Waals surface area contributed by atoms with E-state index >= 15 is 0 Å². The molecule has 0 heterocycles. The minimum atomic E-state index is -0.448. The van der Waals surface area contributed by atoms with Crippen molar-refractivity contribution in [2.75, 3.05) is 26.6 Å². The van der Waals surface area contributed by atoms with Crippen LogP contribution < -0.4 is 19.5 Å². The van der Waals surface area contributed by atoms with E-state index in [0.717, 1.165) is 5.56 Å². The molecule has 0 aliphatic carbocycles. The van der Waals surface area contributed by atoms with Crippen LogP contribution >= 0.6 is 0 Å². The number of ether oxygens (including phenoxy) is 3. The number of nitrogens with zero attached hydrogens (tertiary/aromatic N) is 1. The van der Waals surface area contributed by atoms with Gasteiger partial charge in [0.2, 0.25) is 5.75 Å². The SMILES string of the molecule is COc1ccc(CNc2ccc(F)cc2C#N)c(OC)c1OC. The molecule has 23 heavy (non-hydrogen) atoms. The fourth-order valence-corrected chi connectivity index (χ4v) is 2.26. The first-order chi connectivity index (χ1) is 11.1. The molecule has 0 bridgehead atoms. The van der Waals surface area contributed by atoms with Crippen molar-refractivity contribution in [3.8, 4) is 23.3 Å². The van der Waals surface area contributed by atoms with Crippen LogP contribution in [0.5, 0.6) is 17.2 Å². The first-order valence-electron chi connectivity index (χ1n) is 6.86. The van der Waals surface area contributed by atoms with Gasteiger partial charge in [-0.1, -0.05) is 0 Å². The van der Waals surface area contributed by atoms with Gasteiger partial charge in [0.1, 0.15) is 11.9 Å². The molecule has 0 unspecified atom stereocenters. The number of methoxy groups -OCH3 is 3. The third-order valence-electron chi connectivity index (χ3n) is 3.36. The molecular formula is C17H17FN2O3. The Hall–Kier alpha value is -2.94. The molecular weight excluding hydrogens is 299 g/mol. The number of halogens is 1. The molecule has 0 saturated heterocycles. The van der Waals surface area contributed by atoms with Gasteiger partial charge in [-0.3, -0.25) is 0 Å². The number of nitriles is 1. The van der Waals surface area contributed by atoms with Gasteiger partial charge < -0.3 is 19.5 Å². The summed E-state index contributed by atoms with van der Waals surface area (Å²) >= 11 is 0. The number of anilines is 1. The monoisotopic (exact) mass is 316 g/mol. The smallest absolute Gasteiger partial charge is 0.203 e. The quantitative estimate of drug-likeness (QED) is 0.885. The van der Waals surface area contributed by atoms with Gasteiger partial charge in [0.25, 0.3) is 0 Å². The second-order valence-corrected chi connectivity index (χ2v) is 4.65. The molecule has 0 aromatic heterocycles. The Kier molecular flexibility index (Phi) is 5.26. The van der Waals surface area contributed by atoms with Crippen molar-refractivity contribution >= 4 is 5.69 Å². The number of nitrogens with one attached hydrogen (secondary N) is 1. The maximum Gasteiger partial charge on any atom is 0.203 e. The van der Waals surface area contributed by atoms with Gasteiger partial charge in [-0.2, -0.15) is 5.26 Å². The minimum absolute atomic E-state index is 0.240. The Labute approximate surface area is 134 Å². The van der Waals surface area contributed by atoms with Crippen LogP contribution in [0, 0.1) is 17.1 Å². The van der Waals surface area contributed by atoms with Crippen molar-refractivity contribution in [3.05, 3.63) is 47.3 Å². The van der Waals surface area contributed by atoms with Crippen molar-refractivity contribution < 1.29 is 18.6 Å². The third kappa shape index (κ3) is 3.46. The Morgan fingerprint density at radius 3 is 2.39 bits per heavy atom. The topological polar surface area (TPSA) is 63.5 Å². The first-order valence-corrected chi connectivity index (χ1v) is 6.86. The summed E-state index contributed by atoms with van der Waals surface area (Å²) in [5.74, 6) is 1.15. The summed E-state index contributed by atoms with van der Waals surface area (Å²) in [5, 5.41) is 12.2. The summed E-state index contributed by atoms with van der Waals surface area (Å²) < 4.78 is 29.1. The summed E-state index contributed by atoms with van der Waals surface area (Å²) in [6.45, 7) is 0.379. The van der Waals surface area contributed by atoms with Crippen LogP contribution in [0.4, 0.5) is 10.1 Å². The van der Waals surface area contributed by atoms with Crippen LogP contribution in [0.15, 0.2) is 30.3 Å². The minimum Gasteiger partial charge on any atom is -0.493 e. The van der Waals surface area contributed by atoms with Crippen LogP contribution in [0.1, 0.15) is 11.1 Å². The second kappa shape index (κ2) is 7.36.